The van der Waals surface area contributed by atoms with Crippen LogP contribution in [0.1, 0.15) is 26.6 Å². The molecule has 0 aliphatic carbocycles. The van der Waals surface area contributed by atoms with Crippen molar-refractivity contribution in [2.75, 3.05) is 24.2 Å². The van der Waals surface area contributed by atoms with Crippen molar-refractivity contribution in [3.8, 4) is 0 Å². The molecule has 2 N–H and O–H groups in total. The summed E-state index contributed by atoms with van der Waals surface area (Å²) in [5, 5.41) is 6.34. The second-order valence-corrected chi connectivity index (χ2v) is 3.93. The zero-order valence-corrected chi connectivity index (χ0v) is 9.96. The van der Waals surface area contributed by atoms with Gasteiger partial charge in [0, 0.05) is 26.1 Å². The Morgan fingerprint density at radius 1 is 1.27 bits per heavy atom. The van der Waals surface area contributed by atoms with Crippen LogP contribution in [0.3, 0.4) is 0 Å². The van der Waals surface area contributed by atoms with E-state index in [2.05, 4.69) is 41.4 Å². The number of nitrogens with one attached hydrogen (secondary N) is 2. The van der Waals surface area contributed by atoms with Gasteiger partial charge in [-0.05, 0) is 5.92 Å². The van der Waals surface area contributed by atoms with Gasteiger partial charge in [0.1, 0.15) is 17.5 Å². The van der Waals surface area contributed by atoms with Gasteiger partial charge in [-0.3, -0.25) is 0 Å². The van der Waals surface area contributed by atoms with E-state index in [-0.39, 0.29) is 0 Å². The van der Waals surface area contributed by atoms with Gasteiger partial charge in [0.25, 0.3) is 0 Å². The normalized spacial score (nSPS) is 10.5. The molecule has 1 aromatic heterocycles. The zero-order chi connectivity index (χ0) is 11.3. The minimum atomic E-state index is 0.614. The maximum absolute atomic E-state index is 4.41. The Hall–Kier alpha value is -1.32. The van der Waals surface area contributed by atoms with E-state index in [9.17, 15) is 0 Å². The lowest BCUT2D eigenvalue weighted by Gasteiger charge is -2.10. The van der Waals surface area contributed by atoms with Crippen molar-refractivity contribution in [1.29, 1.82) is 0 Å². The summed E-state index contributed by atoms with van der Waals surface area (Å²) in [5.74, 6) is 3.25. The topological polar surface area (TPSA) is 49.8 Å². The highest BCUT2D eigenvalue weighted by Gasteiger charge is 2.02. The maximum atomic E-state index is 4.41. The summed E-state index contributed by atoms with van der Waals surface area (Å²) in [6.45, 7) is 7.34. The van der Waals surface area contributed by atoms with Crippen LogP contribution in [0, 0.1) is 5.92 Å². The van der Waals surface area contributed by atoms with E-state index in [1.165, 1.54) is 0 Å². The van der Waals surface area contributed by atoms with Crippen LogP contribution in [0.5, 0.6) is 0 Å². The Kier molecular flexibility index (Phi) is 4.34. The standard InChI is InChI=1S/C11H20N4/c1-5-9-14-10(12-4)6-11(15-9)13-7-8(2)3/h6,8H,5,7H2,1-4H3,(H2,12,13,14,15). The molecule has 0 unspecified atom stereocenters. The van der Waals surface area contributed by atoms with Gasteiger partial charge >= 0.3 is 0 Å². The van der Waals surface area contributed by atoms with Crippen molar-refractivity contribution in [3.63, 3.8) is 0 Å². The minimum absolute atomic E-state index is 0.614. The van der Waals surface area contributed by atoms with Crippen LogP contribution in [-0.2, 0) is 6.42 Å². The van der Waals surface area contributed by atoms with Gasteiger partial charge in [0.15, 0.2) is 0 Å². The highest BCUT2D eigenvalue weighted by Crippen LogP contribution is 2.11. The molecule has 0 saturated heterocycles. The largest absolute Gasteiger partial charge is 0.373 e. The van der Waals surface area contributed by atoms with E-state index in [4.69, 9.17) is 0 Å². The van der Waals surface area contributed by atoms with Gasteiger partial charge < -0.3 is 10.6 Å². The molecule has 0 aliphatic heterocycles. The molecule has 0 radical (unpaired) electrons. The molecule has 0 aliphatic rings. The number of anilines is 2. The zero-order valence-electron chi connectivity index (χ0n) is 9.96. The van der Waals surface area contributed by atoms with Crippen molar-refractivity contribution in [3.05, 3.63) is 11.9 Å². The van der Waals surface area contributed by atoms with Gasteiger partial charge in [-0.15, -0.1) is 0 Å². The molecule has 4 heteroatoms. The minimum Gasteiger partial charge on any atom is -0.373 e. The molecule has 0 amide bonds. The molecule has 15 heavy (non-hydrogen) atoms. The molecule has 0 saturated carbocycles. The van der Waals surface area contributed by atoms with Crippen LogP contribution in [0.4, 0.5) is 11.6 Å². The van der Waals surface area contributed by atoms with Crippen molar-refractivity contribution in [2.24, 2.45) is 5.92 Å². The summed E-state index contributed by atoms with van der Waals surface area (Å²) in [7, 11) is 1.87. The van der Waals surface area contributed by atoms with Crippen molar-refractivity contribution >= 4 is 11.6 Å². The summed E-state index contributed by atoms with van der Waals surface area (Å²) >= 11 is 0. The van der Waals surface area contributed by atoms with E-state index in [0.29, 0.717) is 5.92 Å². The summed E-state index contributed by atoms with van der Waals surface area (Å²) < 4.78 is 0. The molecule has 0 aromatic carbocycles. The predicted octanol–water partition coefficient (Wildman–Crippen LogP) is 2.15. The second-order valence-electron chi connectivity index (χ2n) is 3.93. The Morgan fingerprint density at radius 3 is 2.47 bits per heavy atom. The lowest BCUT2D eigenvalue weighted by molar-refractivity contribution is 0.686. The smallest absolute Gasteiger partial charge is 0.132 e. The summed E-state index contributed by atoms with van der Waals surface area (Å²) in [6.07, 6.45) is 0.853. The van der Waals surface area contributed by atoms with E-state index < -0.39 is 0 Å². The summed E-state index contributed by atoms with van der Waals surface area (Å²) in [4.78, 5) is 8.74. The molecule has 4 nitrogen and oxygen atoms in total. The van der Waals surface area contributed by atoms with Crippen LogP contribution >= 0.6 is 0 Å². The fourth-order valence-corrected chi connectivity index (χ4v) is 1.18. The number of hydrogen-bond acceptors (Lipinski definition) is 4. The summed E-state index contributed by atoms with van der Waals surface area (Å²) in [6, 6.07) is 1.93. The van der Waals surface area contributed by atoms with E-state index in [0.717, 1.165) is 30.4 Å². The Bertz CT molecular complexity index is 287. The monoisotopic (exact) mass is 208 g/mol. The van der Waals surface area contributed by atoms with Gasteiger partial charge in [0.05, 0.1) is 0 Å². The number of aryl methyl sites for hydroxylation is 1. The first-order valence-corrected chi connectivity index (χ1v) is 5.45. The molecule has 0 bridgehead atoms. The average molecular weight is 208 g/mol. The first kappa shape index (κ1) is 11.8. The molecular formula is C11H20N4. The molecule has 0 spiro atoms. The number of aromatic nitrogens is 2. The van der Waals surface area contributed by atoms with E-state index in [1.807, 2.05) is 13.1 Å². The molecular weight excluding hydrogens is 188 g/mol. The van der Waals surface area contributed by atoms with Gasteiger partial charge in [-0.25, -0.2) is 9.97 Å². The molecule has 84 valence electrons. The highest BCUT2D eigenvalue weighted by atomic mass is 15.1. The molecule has 1 aromatic rings. The average Bonchev–Trinajstić information content (AvgIpc) is 2.25. The van der Waals surface area contributed by atoms with Crippen molar-refractivity contribution in [2.45, 2.75) is 27.2 Å². The number of rotatable bonds is 5. The predicted molar refractivity (Wildman–Crippen MR) is 64.3 cm³/mol. The highest BCUT2D eigenvalue weighted by molar-refractivity contribution is 5.47. The first-order chi connectivity index (χ1) is 7.15. The lowest BCUT2D eigenvalue weighted by atomic mass is 10.2. The van der Waals surface area contributed by atoms with Crippen LogP contribution in [-0.4, -0.2) is 23.6 Å². The van der Waals surface area contributed by atoms with Crippen LogP contribution < -0.4 is 10.6 Å². The van der Waals surface area contributed by atoms with Crippen LogP contribution in [0.25, 0.3) is 0 Å². The Labute approximate surface area is 91.5 Å². The first-order valence-electron chi connectivity index (χ1n) is 5.45. The fourth-order valence-electron chi connectivity index (χ4n) is 1.18. The molecule has 0 atom stereocenters. The van der Waals surface area contributed by atoms with Crippen molar-refractivity contribution < 1.29 is 0 Å². The molecule has 1 rings (SSSR count). The Morgan fingerprint density at radius 2 is 1.93 bits per heavy atom. The van der Waals surface area contributed by atoms with E-state index >= 15 is 0 Å². The molecule has 1 heterocycles. The third-order valence-electron chi connectivity index (χ3n) is 2.04. The third kappa shape index (κ3) is 3.73. The van der Waals surface area contributed by atoms with Crippen molar-refractivity contribution in [1.82, 2.24) is 9.97 Å². The SMILES string of the molecule is CCc1nc(NC)cc(NCC(C)C)n1. The molecule has 0 fully saturated rings. The fraction of sp³-hybridized carbons (Fsp3) is 0.636. The lowest BCUT2D eigenvalue weighted by Crippen LogP contribution is -2.11. The van der Waals surface area contributed by atoms with Crippen LogP contribution in [0.2, 0.25) is 0 Å². The van der Waals surface area contributed by atoms with Gasteiger partial charge in [-0.2, -0.15) is 0 Å². The Balaban J connectivity index is 2.77. The maximum Gasteiger partial charge on any atom is 0.132 e. The number of hydrogen-bond donors (Lipinski definition) is 2. The van der Waals surface area contributed by atoms with Gasteiger partial charge in [-0.1, -0.05) is 20.8 Å². The van der Waals surface area contributed by atoms with E-state index in [1.54, 1.807) is 0 Å². The third-order valence-corrected chi connectivity index (χ3v) is 2.04. The number of nitrogens with zero attached hydrogens (tertiary/aromatic N) is 2. The van der Waals surface area contributed by atoms with Crippen LogP contribution in [0.15, 0.2) is 6.07 Å². The quantitative estimate of drug-likeness (QED) is 0.778. The second kappa shape index (κ2) is 5.53. The summed E-state index contributed by atoms with van der Waals surface area (Å²) in [5.41, 5.74) is 0. The van der Waals surface area contributed by atoms with Gasteiger partial charge in [0.2, 0.25) is 0 Å².